The zero-order valence-corrected chi connectivity index (χ0v) is 14.3. The van der Waals surface area contributed by atoms with Crippen LogP contribution in [-0.4, -0.2) is 31.3 Å². The topological polar surface area (TPSA) is 51.9 Å². The van der Waals surface area contributed by atoms with Crippen molar-refractivity contribution in [3.8, 4) is 0 Å². The largest absolute Gasteiger partial charge is 0.467 e. The van der Waals surface area contributed by atoms with E-state index in [0.717, 1.165) is 17.0 Å². The molecule has 0 aliphatic carbocycles. The lowest BCUT2D eigenvalue weighted by Gasteiger charge is -2.33. The van der Waals surface area contributed by atoms with Crippen LogP contribution in [0.5, 0.6) is 0 Å². The summed E-state index contributed by atoms with van der Waals surface area (Å²) in [6.45, 7) is 7.28. The maximum Gasteiger partial charge on any atom is 0.259 e. The molecule has 0 bridgehead atoms. The first kappa shape index (κ1) is 16.7. The second-order valence-electron chi connectivity index (χ2n) is 6.14. The summed E-state index contributed by atoms with van der Waals surface area (Å²) in [5, 5.41) is 0. The minimum atomic E-state index is -0.602. The molecule has 24 heavy (non-hydrogen) atoms. The van der Waals surface area contributed by atoms with Crippen LogP contribution in [0.1, 0.15) is 23.8 Å². The average molecular weight is 329 g/mol. The number of anilines is 1. The van der Waals surface area contributed by atoms with E-state index in [2.05, 4.69) is 6.92 Å². The van der Waals surface area contributed by atoms with Gasteiger partial charge in [0, 0.05) is 5.69 Å². The van der Waals surface area contributed by atoms with Crippen molar-refractivity contribution in [2.45, 2.75) is 39.5 Å². The fourth-order valence-electron chi connectivity index (χ4n) is 2.81. The Bertz CT molecular complexity index is 695. The number of aryl methyl sites for hydroxylation is 2. The van der Waals surface area contributed by atoms with Gasteiger partial charge in [-0.1, -0.05) is 6.07 Å². The molecule has 1 aromatic heterocycles. The number of hydrogen-bond donors (Lipinski definition) is 0. The molecule has 1 amide bonds. The van der Waals surface area contributed by atoms with Gasteiger partial charge in [0.2, 0.25) is 0 Å². The lowest BCUT2D eigenvalue weighted by atomic mass is 10.1. The van der Waals surface area contributed by atoms with E-state index in [0.29, 0.717) is 19.8 Å². The maximum absolute atomic E-state index is 13.1. The van der Waals surface area contributed by atoms with Gasteiger partial charge in [0.15, 0.2) is 6.10 Å². The Morgan fingerprint density at radius 3 is 2.62 bits per heavy atom. The van der Waals surface area contributed by atoms with Gasteiger partial charge in [0.25, 0.3) is 5.91 Å². The zero-order valence-electron chi connectivity index (χ0n) is 14.3. The predicted octanol–water partition coefficient (Wildman–Crippen LogP) is 3.23. The van der Waals surface area contributed by atoms with E-state index in [4.69, 9.17) is 13.9 Å². The van der Waals surface area contributed by atoms with Gasteiger partial charge in [0.1, 0.15) is 5.76 Å². The number of rotatable bonds is 4. The van der Waals surface area contributed by atoms with Gasteiger partial charge >= 0.3 is 0 Å². The van der Waals surface area contributed by atoms with E-state index in [9.17, 15) is 4.79 Å². The summed E-state index contributed by atoms with van der Waals surface area (Å²) in [6.07, 6.45) is 0.744. The van der Waals surface area contributed by atoms with Crippen molar-refractivity contribution < 1.29 is 18.7 Å². The smallest absolute Gasteiger partial charge is 0.259 e. The zero-order chi connectivity index (χ0) is 17.1. The fourth-order valence-corrected chi connectivity index (χ4v) is 2.81. The summed E-state index contributed by atoms with van der Waals surface area (Å²) < 4.78 is 16.7. The Morgan fingerprint density at radius 2 is 1.96 bits per heavy atom. The molecule has 0 radical (unpaired) electrons. The summed E-state index contributed by atoms with van der Waals surface area (Å²) in [5.74, 6) is 0.618. The standard InChI is InChI=1S/C19H23NO4/c1-13-6-7-16(11-14(13)2)20(12-17-5-4-8-23-17)19(21)18-15(3)22-9-10-24-18/h4-8,11,15,18H,9-10,12H2,1-3H3/t15-,18-/m0/s1. The van der Waals surface area contributed by atoms with Crippen molar-refractivity contribution in [2.24, 2.45) is 0 Å². The Labute approximate surface area is 142 Å². The number of carbonyl (C=O) groups is 1. The lowest BCUT2D eigenvalue weighted by molar-refractivity contribution is -0.159. The second kappa shape index (κ2) is 7.20. The molecule has 0 saturated carbocycles. The summed E-state index contributed by atoms with van der Waals surface area (Å²) in [4.78, 5) is 14.8. The van der Waals surface area contributed by atoms with Gasteiger partial charge in [-0.15, -0.1) is 0 Å². The first-order valence-electron chi connectivity index (χ1n) is 8.20. The van der Waals surface area contributed by atoms with E-state index < -0.39 is 6.10 Å². The molecule has 0 spiro atoms. The van der Waals surface area contributed by atoms with Gasteiger partial charge in [0.05, 0.1) is 32.1 Å². The highest BCUT2D eigenvalue weighted by Gasteiger charge is 2.34. The Morgan fingerprint density at radius 1 is 1.17 bits per heavy atom. The molecule has 2 atom stereocenters. The first-order valence-corrected chi connectivity index (χ1v) is 8.20. The van der Waals surface area contributed by atoms with Crippen LogP contribution in [0.2, 0.25) is 0 Å². The molecule has 1 aromatic carbocycles. The van der Waals surface area contributed by atoms with E-state index in [1.807, 2.05) is 44.2 Å². The molecule has 1 aliphatic rings. The van der Waals surface area contributed by atoms with Gasteiger partial charge < -0.3 is 18.8 Å². The molecule has 0 unspecified atom stereocenters. The maximum atomic E-state index is 13.1. The number of amides is 1. The van der Waals surface area contributed by atoms with Crippen LogP contribution in [0.4, 0.5) is 5.69 Å². The van der Waals surface area contributed by atoms with Crippen molar-refractivity contribution in [1.82, 2.24) is 0 Å². The highest BCUT2D eigenvalue weighted by atomic mass is 16.6. The molecule has 128 valence electrons. The monoisotopic (exact) mass is 329 g/mol. The molecule has 1 saturated heterocycles. The number of nitrogens with zero attached hydrogens (tertiary/aromatic N) is 1. The Balaban J connectivity index is 1.91. The summed E-state index contributed by atoms with van der Waals surface area (Å²) in [7, 11) is 0. The van der Waals surface area contributed by atoms with Crippen LogP contribution in [0.3, 0.4) is 0 Å². The summed E-state index contributed by atoms with van der Waals surface area (Å²) in [6, 6.07) is 9.68. The Kier molecular flexibility index (Phi) is 5.02. The van der Waals surface area contributed by atoms with Crippen LogP contribution >= 0.6 is 0 Å². The normalized spacial score (nSPS) is 20.8. The fraction of sp³-hybridized carbons (Fsp3) is 0.421. The van der Waals surface area contributed by atoms with Crippen molar-refractivity contribution in [3.05, 3.63) is 53.5 Å². The average Bonchev–Trinajstić information content (AvgIpc) is 3.08. The van der Waals surface area contributed by atoms with Crippen LogP contribution in [0, 0.1) is 13.8 Å². The van der Waals surface area contributed by atoms with Crippen molar-refractivity contribution in [3.63, 3.8) is 0 Å². The molecule has 0 N–H and O–H groups in total. The molecule has 1 fully saturated rings. The van der Waals surface area contributed by atoms with Crippen LogP contribution in [0.25, 0.3) is 0 Å². The molecule has 5 nitrogen and oxygen atoms in total. The minimum absolute atomic E-state index is 0.109. The third-order valence-electron chi connectivity index (χ3n) is 4.39. The van der Waals surface area contributed by atoms with Gasteiger partial charge in [-0.25, -0.2) is 0 Å². The number of ether oxygens (including phenoxy) is 2. The van der Waals surface area contributed by atoms with Crippen LogP contribution in [0.15, 0.2) is 41.0 Å². The minimum Gasteiger partial charge on any atom is -0.467 e. The van der Waals surface area contributed by atoms with E-state index in [1.54, 1.807) is 11.2 Å². The van der Waals surface area contributed by atoms with E-state index in [-0.39, 0.29) is 12.0 Å². The molecule has 2 aromatic rings. The number of carbonyl (C=O) groups excluding carboxylic acids is 1. The van der Waals surface area contributed by atoms with E-state index >= 15 is 0 Å². The molecule has 3 rings (SSSR count). The van der Waals surface area contributed by atoms with Gasteiger partial charge in [-0.3, -0.25) is 4.79 Å². The van der Waals surface area contributed by atoms with Gasteiger partial charge in [-0.2, -0.15) is 0 Å². The third-order valence-corrected chi connectivity index (χ3v) is 4.39. The molecular weight excluding hydrogens is 306 g/mol. The number of hydrogen-bond acceptors (Lipinski definition) is 4. The highest BCUT2D eigenvalue weighted by molar-refractivity contribution is 5.97. The third kappa shape index (κ3) is 3.52. The predicted molar refractivity (Wildman–Crippen MR) is 91.0 cm³/mol. The Hall–Kier alpha value is -2.11. The lowest BCUT2D eigenvalue weighted by Crippen LogP contribution is -2.49. The molecule has 5 heteroatoms. The summed E-state index contributed by atoms with van der Waals surface area (Å²) >= 11 is 0. The van der Waals surface area contributed by atoms with Crippen molar-refractivity contribution in [2.75, 3.05) is 18.1 Å². The van der Waals surface area contributed by atoms with E-state index in [1.165, 1.54) is 5.56 Å². The second-order valence-corrected chi connectivity index (χ2v) is 6.14. The van der Waals surface area contributed by atoms with Crippen LogP contribution < -0.4 is 4.90 Å². The van der Waals surface area contributed by atoms with Gasteiger partial charge in [-0.05, 0) is 56.2 Å². The van der Waals surface area contributed by atoms with Crippen molar-refractivity contribution >= 4 is 11.6 Å². The molecular formula is C19H23NO4. The number of benzene rings is 1. The molecule has 2 heterocycles. The first-order chi connectivity index (χ1) is 11.6. The van der Waals surface area contributed by atoms with Crippen LogP contribution in [-0.2, 0) is 20.8 Å². The summed E-state index contributed by atoms with van der Waals surface area (Å²) in [5.41, 5.74) is 3.16. The number of furan rings is 1. The van der Waals surface area contributed by atoms with Crippen molar-refractivity contribution in [1.29, 1.82) is 0 Å². The quantitative estimate of drug-likeness (QED) is 0.864. The highest BCUT2D eigenvalue weighted by Crippen LogP contribution is 2.24. The SMILES string of the molecule is Cc1ccc(N(Cc2ccco2)C(=O)[C@H]2OCCO[C@H]2C)cc1C. The molecule has 1 aliphatic heterocycles.